The number of sulfone groups is 1. The molecule has 0 aliphatic heterocycles. The Morgan fingerprint density at radius 2 is 2.00 bits per heavy atom. The number of fused-ring (bicyclic) bond motifs is 1. The van der Waals surface area contributed by atoms with Gasteiger partial charge < -0.3 is 0 Å². The number of hydrogen-bond donors (Lipinski definition) is 0. The highest BCUT2D eigenvalue weighted by Gasteiger charge is 2.25. The van der Waals surface area contributed by atoms with E-state index in [1.54, 1.807) is 26.0 Å². The van der Waals surface area contributed by atoms with Gasteiger partial charge in [-0.3, -0.25) is 4.98 Å². The Labute approximate surface area is 112 Å². The highest BCUT2D eigenvalue weighted by molar-refractivity contribution is 7.92. The average molecular weight is 284 g/mol. The van der Waals surface area contributed by atoms with Crippen molar-refractivity contribution in [2.45, 2.75) is 24.0 Å². The van der Waals surface area contributed by atoms with Crippen LogP contribution in [-0.2, 0) is 9.84 Å². The Bertz CT molecular complexity index is 682. The number of rotatable bonds is 3. The first-order chi connectivity index (χ1) is 8.46. The fraction of sp³-hybridized carbons (Fsp3) is 0.308. The summed E-state index contributed by atoms with van der Waals surface area (Å²) in [5, 5.41) is 0.0458. The van der Waals surface area contributed by atoms with Gasteiger partial charge in [0.25, 0.3) is 0 Å². The lowest BCUT2D eigenvalue weighted by molar-refractivity contribution is 0.588. The van der Waals surface area contributed by atoms with E-state index in [0.29, 0.717) is 21.5 Å². The molecule has 0 radical (unpaired) electrons. The van der Waals surface area contributed by atoms with Gasteiger partial charge in [-0.2, -0.15) is 0 Å². The first-order valence-electron chi connectivity index (χ1n) is 5.63. The predicted molar refractivity (Wildman–Crippen MR) is 73.8 cm³/mol. The minimum absolute atomic E-state index is 0.0814. The van der Waals surface area contributed by atoms with Crippen molar-refractivity contribution in [2.75, 3.05) is 5.88 Å². The Balaban J connectivity index is 2.79. The molecule has 0 amide bonds. The maximum absolute atomic E-state index is 12.4. The van der Waals surface area contributed by atoms with Crippen LogP contribution in [0.3, 0.4) is 0 Å². The lowest BCUT2D eigenvalue weighted by Crippen LogP contribution is -2.20. The van der Waals surface area contributed by atoms with Crippen molar-refractivity contribution in [1.29, 1.82) is 0 Å². The van der Waals surface area contributed by atoms with E-state index in [2.05, 4.69) is 4.98 Å². The molecule has 96 valence electrons. The largest absolute Gasteiger partial charge is 0.253 e. The lowest BCUT2D eigenvalue weighted by atomic mass is 10.2. The lowest BCUT2D eigenvalue weighted by Gasteiger charge is -2.12. The van der Waals surface area contributed by atoms with Gasteiger partial charge in [0.05, 0.1) is 15.7 Å². The summed E-state index contributed by atoms with van der Waals surface area (Å²) < 4.78 is 24.8. The standard InChI is InChI=1S/C13H14ClNO2S/c1-9-7-13(18(16,17)10(2)8-14)11-5-3-4-6-12(11)15-9/h3-7,10H,8H2,1-2H3. The summed E-state index contributed by atoms with van der Waals surface area (Å²) in [4.78, 5) is 4.66. The van der Waals surface area contributed by atoms with Crippen LogP contribution in [0.4, 0.5) is 0 Å². The number of halogens is 1. The van der Waals surface area contributed by atoms with Crippen molar-refractivity contribution in [3.63, 3.8) is 0 Å². The molecule has 0 aliphatic rings. The van der Waals surface area contributed by atoms with Crippen molar-refractivity contribution in [3.8, 4) is 0 Å². The molecule has 1 unspecified atom stereocenters. The summed E-state index contributed by atoms with van der Waals surface area (Å²) in [7, 11) is -3.41. The van der Waals surface area contributed by atoms with Crippen LogP contribution in [0, 0.1) is 6.92 Å². The zero-order chi connectivity index (χ0) is 13.3. The summed E-state index contributed by atoms with van der Waals surface area (Å²) >= 11 is 5.68. The van der Waals surface area contributed by atoms with Crippen LogP contribution in [0.5, 0.6) is 0 Å². The Hall–Kier alpha value is -1.13. The van der Waals surface area contributed by atoms with E-state index in [1.807, 2.05) is 18.2 Å². The van der Waals surface area contributed by atoms with E-state index in [1.165, 1.54) is 0 Å². The van der Waals surface area contributed by atoms with Crippen LogP contribution in [-0.4, -0.2) is 24.5 Å². The van der Waals surface area contributed by atoms with Crippen LogP contribution in [0.25, 0.3) is 10.9 Å². The molecule has 0 fully saturated rings. The van der Waals surface area contributed by atoms with Crippen LogP contribution in [0.1, 0.15) is 12.6 Å². The van der Waals surface area contributed by atoms with E-state index in [4.69, 9.17) is 11.6 Å². The van der Waals surface area contributed by atoms with E-state index in [9.17, 15) is 8.42 Å². The molecule has 1 atom stereocenters. The molecule has 2 aromatic rings. The Morgan fingerprint density at radius 3 is 2.67 bits per heavy atom. The Kier molecular flexibility index (Phi) is 3.59. The molecule has 3 nitrogen and oxygen atoms in total. The fourth-order valence-electron chi connectivity index (χ4n) is 1.80. The highest BCUT2D eigenvalue weighted by atomic mass is 35.5. The van der Waals surface area contributed by atoms with Gasteiger partial charge in [0.1, 0.15) is 0 Å². The number of nitrogens with zero attached hydrogens (tertiary/aromatic N) is 1. The normalized spacial score (nSPS) is 13.7. The predicted octanol–water partition coefficient (Wildman–Crippen LogP) is 2.94. The van der Waals surface area contributed by atoms with Gasteiger partial charge in [-0.1, -0.05) is 18.2 Å². The van der Waals surface area contributed by atoms with E-state index in [-0.39, 0.29) is 5.88 Å². The van der Waals surface area contributed by atoms with Gasteiger partial charge in [0, 0.05) is 17.0 Å². The van der Waals surface area contributed by atoms with Gasteiger partial charge in [0.2, 0.25) is 0 Å². The maximum Gasteiger partial charge on any atom is 0.182 e. The van der Waals surface area contributed by atoms with Crippen LogP contribution in [0.15, 0.2) is 35.2 Å². The number of aryl methyl sites for hydroxylation is 1. The van der Waals surface area contributed by atoms with Crippen molar-refractivity contribution in [3.05, 3.63) is 36.0 Å². The maximum atomic E-state index is 12.4. The molecule has 1 heterocycles. The molecule has 5 heteroatoms. The van der Waals surface area contributed by atoms with Crippen LogP contribution in [0.2, 0.25) is 0 Å². The number of para-hydroxylation sites is 1. The summed E-state index contributed by atoms with van der Waals surface area (Å²) in [6.07, 6.45) is 0. The van der Waals surface area contributed by atoms with Crippen molar-refractivity contribution in [2.24, 2.45) is 0 Å². The second-order valence-corrected chi connectivity index (χ2v) is 6.93. The summed E-state index contributed by atoms with van der Waals surface area (Å²) in [6.45, 7) is 3.41. The molecule has 18 heavy (non-hydrogen) atoms. The first kappa shape index (κ1) is 13.3. The smallest absolute Gasteiger partial charge is 0.182 e. The number of hydrogen-bond acceptors (Lipinski definition) is 3. The molecule has 0 spiro atoms. The number of aromatic nitrogens is 1. The minimum Gasteiger partial charge on any atom is -0.253 e. The molecular weight excluding hydrogens is 270 g/mol. The van der Waals surface area contributed by atoms with E-state index < -0.39 is 15.1 Å². The molecule has 0 saturated heterocycles. The summed E-state index contributed by atoms with van der Waals surface area (Å²) in [5.41, 5.74) is 1.38. The van der Waals surface area contributed by atoms with Crippen LogP contribution >= 0.6 is 11.6 Å². The SMILES string of the molecule is Cc1cc(S(=O)(=O)C(C)CCl)c2ccccc2n1. The molecule has 0 aliphatic carbocycles. The summed E-state index contributed by atoms with van der Waals surface area (Å²) in [5.74, 6) is 0.0814. The fourth-order valence-corrected chi connectivity index (χ4v) is 3.72. The second-order valence-electron chi connectivity index (χ2n) is 4.29. The third kappa shape index (κ3) is 2.22. The van der Waals surface area contributed by atoms with Crippen LogP contribution < -0.4 is 0 Å². The zero-order valence-electron chi connectivity index (χ0n) is 10.2. The van der Waals surface area contributed by atoms with Gasteiger partial charge in [-0.25, -0.2) is 8.42 Å². The summed E-state index contributed by atoms with van der Waals surface area (Å²) in [6, 6.07) is 8.85. The molecule has 0 bridgehead atoms. The topological polar surface area (TPSA) is 47.0 Å². The molecule has 0 N–H and O–H groups in total. The zero-order valence-corrected chi connectivity index (χ0v) is 11.8. The quantitative estimate of drug-likeness (QED) is 0.814. The van der Waals surface area contributed by atoms with Gasteiger partial charge >= 0.3 is 0 Å². The molecular formula is C13H14ClNO2S. The number of alkyl halides is 1. The third-order valence-corrected chi connectivity index (χ3v) is 5.68. The van der Waals surface area contributed by atoms with E-state index >= 15 is 0 Å². The average Bonchev–Trinajstić information content (AvgIpc) is 2.36. The molecule has 1 aromatic carbocycles. The van der Waals surface area contributed by atoms with E-state index in [0.717, 1.165) is 0 Å². The molecule has 0 saturated carbocycles. The number of benzene rings is 1. The van der Waals surface area contributed by atoms with Gasteiger partial charge in [-0.15, -0.1) is 11.6 Å². The minimum atomic E-state index is -3.41. The van der Waals surface area contributed by atoms with Crippen molar-refractivity contribution in [1.82, 2.24) is 4.98 Å². The third-order valence-electron chi connectivity index (χ3n) is 2.86. The van der Waals surface area contributed by atoms with Gasteiger partial charge in [0.15, 0.2) is 9.84 Å². The first-order valence-corrected chi connectivity index (χ1v) is 7.71. The van der Waals surface area contributed by atoms with Gasteiger partial charge in [-0.05, 0) is 26.0 Å². The second kappa shape index (κ2) is 4.86. The van der Waals surface area contributed by atoms with Crippen molar-refractivity contribution < 1.29 is 8.42 Å². The highest BCUT2D eigenvalue weighted by Crippen LogP contribution is 2.26. The Morgan fingerprint density at radius 1 is 1.33 bits per heavy atom. The monoisotopic (exact) mass is 283 g/mol. The number of pyridine rings is 1. The van der Waals surface area contributed by atoms with Crippen molar-refractivity contribution >= 4 is 32.3 Å². The molecule has 2 rings (SSSR count). The molecule has 1 aromatic heterocycles.